The maximum Gasteiger partial charge on any atom is 0.407 e. The first kappa shape index (κ1) is 17.0. The van der Waals surface area contributed by atoms with Crippen molar-refractivity contribution in [1.82, 2.24) is 9.88 Å². The number of aromatic nitrogens is 1. The molecule has 1 unspecified atom stereocenters. The number of amides is 1. The molecule has 0 spiro atoms. The summed E-state index contributed by atoms with van der Waals surface area (Å²) in [6.45, 7) is 6.99. The van der Waals surface area contributed by atoms with E-state index in [2.05, 4.69) is 10.3 Å². The molecule has 0 saturated carbocycles. The highest BCUT2D eigenvalue weighted by Crippen LogP contribution is 2.37. The quantitative estimate of drug-likeness (QED) is 0.651. The summed E-state index contributed by atoms with van der Waals surface area (Å²) in [5.41, 5.74) is 0.154. The van der Waals surface area contributed by atoms with Gasteiger partial charge in [-0.15, -0.1) is 0 Å². The molecule has 0 radical (unpaired) electrons. The summed E-state index contributed by atoms with van der Waals surface area (Å²) in [4.78, 5) is 27.1. The minimum absolute atomic E-state index is 0.0888. The second-order valence-corrected chi connectivity index (χ2v) is 6.85. The molecule has 0 aliphatic carbocycles. The Morgan fingerprint density at radius 1 is 1.57 bits per heavy atom. The second kappa shape index (κ2) is 6.39. The van der Waals surface area contributed by atoms with E-state index >= 15 is 0 Å². The van der Waals surface area contributed by atoms with Crippen molar-refractivity contribution in [3.05, 3.63) is 28.4 Å². The molecule has 2 rings (SSSR count). The summed E-state index contributed by atoms with van der Waals surface area (Å²) in [6.07, 6.45) is 1.19. The van der Waals surface area contributed by atoms with Crippen molar-refractivity contribution in [3.8, 4) is 0 Å². The predicted molar refractivity (Wildman–Crippen MR) is 85.5 cm³/mol. The Balaban J connectivity index is 2.14. The van der Waals surface area contributed by atoms with Gasteiger partial charge in [-0.25, -0.2) is 4.79 Å². The zero-order valence-electron chi connectivity index (χ0n) is 13.5. The molecule has 1 amide bonds. The number of nitro groups is 1. The molecule has 23 heavy (non-hydrogen) atoms. The number of carboxylic acid groups (broad SMARTS) is 1. The van der Waals surface area contributed by atoms with Crippen LogP contribution in [0.5, 0.6) is 0 Å². The average molecular weight is 322 g/mol. The second-order valence-electron chi connectivity index (χ2n) is 6.85. The van der Waals surface area contributed by atoms with E-state index in [9.17, 15) is 20.0 Å². The van der Waals surface area contributed by atoms with Crippen LogP contribution in [0.3, 0.4) is 0 Å². The Hall–Kier alpha value is -2.38. The van der Waals surface area contributed by atoms with Gasteiger partial charge in [0.15, 0.2) is 0 Å². The van der Waals surface area contributed by atoms with Crippen LogP contribution in [0.1, 0.15) is 27.2 Å². The van der Waals surface area contributed by atoms with Crippen LogP contribution in [0.4, 0.5) is 16.3 Å². The Bertz CT molecular complexity index is 599. The van der Waals surface area contributed by atoms with Crippen LogP contribution in [0, 0.1) is 21.4 Å². The molecule has 2 atom stereocenters. The first-order valence-electron chi connectivity index (χ1n) is 7.54. The number of hydrogen-bond donors (Lipinski definition) is 2. The fraction of sp³-hybridized carbons (Fsp3) is 0.600. The van der Waals surface area contributed by atoms with E-state index in [1.165, 1.54) is 11.1 Å². The zero-order chi connectivity index (χ0) is 17.2. The van der Waals surface area contributed by atoms with Crippen molar-refractivity contribution in [1.29, 1.82) is 0 Å². The number of nitrogens with one attached hydrogen (secondary N) is 1. The van der Waals surface area contributed by atoms with Crippen LogP contribution in [0.2, 0.25) is 0 Å². The maximum atomic E-state index is 11.4. The van der Waals surface area contributed by atoms with Crippen LogP contribution < -0.4 is 5.32 Å². The summed E-state index contributed by atoms with van der Waals surface area (Å²) >= 11 is 0. The van der Waals surface area contributed by atoms with Crippen molar-refractivity contribution in [2.45, 2.75) is 33.2 Å². The number of anilines is 1. The highest BCUT2D eigenvalue weighted by molar-refractivity contribution is 5.66. The SMILES string of the molecule is CC(C)(C)C1[C@H](CNc2cccnc2[N+](=O)[O-])CCN1C(=O)O. The van der Waals surface area contributed by atoms with Gasteiger partial charge in [0.1, 0.15) is 11.9 Å². The van der Waals surface area contributed by atoms with Gasteiger partial charge in [0.2, 0.25) is 0 Å². The summed E-state index contributed by atoms with van der Waals surface area (Å²) < 4.78 is 0. The molecule has 1 saturated heterocycles. The maximum absolute atomic E-state index is 11.4. The van der Waals surface area contributed by atoms with E-state index < -0.39 is 11.0 Å². The van der Waals surface area contributed by atoms with Crippen LogP contribution in [-0.2, 0) is 0 Å². The van der Waals surface area contributed by atoms with Gasteiger partial charge in [0.25, 0.3) is 0 Å². The monoisotopic (exact) mass is 322 g/mol. The topological polar surface area (TPSA) is 109 Å². The summed E-state index contributed by atoms with van der Waals surface area (Å²) in [6, 6.07) is 3.11. The number of nitrogens with zero attached hydrogens (tertiary/aromatic N) is 3. The Labute approximate surface area is 134 Å². The third kappa shape index (κ3) is 3.69. The number of likely N-dealkylation sites (tertiary alicyclic amines) is 1. The third-order valence-electron chi connectivity index (χ3n) is 4.17. The highest BCUT2D eigenvalue weighted by Gasteiger charge is 2.43. The lowest BCUT2D eigenvalue weighted by Gasteiger charge is -2.37. The van der Waals surface area contributed by atoms with Crippen molar-refractivity contribution in [2.24, 2.45) is 11.3 Å². The first-order valence-corrected chi connectivity index (χ1v) is 7.54. The molecule has 1 aromatic rings. The van der Waals surface area contributed by atoms with Gasteiger partial charge in [0.05, 0.1) is 0 Å². The summed E-state index contributed by atoms with van der Waals surface area (Å²) in [7, 11) is 0. The number of carbonyl (C=O) groups is 1. The molecule has 0 bridgehead atoms. The van der Waals surface area contributed by atoms with Gasteiger partial charge in [-0.3, -0.25) is 0 Å². The van der Waals surface area contributed by atoms with Gasteiger partial charge in [0, 0.05) is 19.1 Å². The zero-order valence-corrected chi connectivity index (χ0v) is 13.5. The van der Waals surface area contributed by atoms with E-state index in [4.69, 9.17) is 0 Å². The van der Waals surface area contributed by atoms with Gasteiger partial charge >= 0.3 is 11.9 Å². The molecule has 1 fully saturated rings. The fourth-order valence-electron chi connectivity index (χ4n) is 3.38. The normalized spacial score (nSPS) is 21.3. The Morgan fingerprint density at radius 3 is 2.83 bits per heavy atom. The lowest BCUT2D eigenvalue weighted by molar-refractivity contribution is -0.388. The average Bonchev–Trinajstić information content (AvgIpc) is 2.89. The Morgan fingerprint density at radius 2 is 2.26 bits per heavy atom. The minimum Gasteiger partial charge on any atom is -0.465 e. The van der Waals surface area contributed by atoms with E-state index in [1.807, 2.05) is 20.8 Å². The molecule has 1 aliphatic rings. The minimum atomic E-state index is -0.917. The van der Waals surface area contributed by atoms with E-state index in [-0.39, 0.29) is 23.2 Å². The number of pyridine rings is 1. The van der Waals surface area contributed by atoms with E-state index in [0.29, 0.717) is 18.8 Å². The Kier molecular flexibility index (Phi) is 4.72. The molecule has 8 nitrogen and oxygen atoms in total. The first-order chi connectivity index (χ1) is 10.7. The van der Waals surface area contributed by atoms with Gasteiger partial charge in [-0.2, -0.15) is 0 Å². The lowest BCUT2D eigenvalue weighted by atomic mass is 9.79. The van der Waals surface area contributed by atoms with Crippen molar-refractivity contribution in [2.75, 3.05) is 18.4 Å². The van der Waals surface area contributed by atoms with Crippen LogP contribution in [0.25, 0.3) is 0 Å². The van der Waals surface area contributed by atoms with Gasteiger partial charge in [-0.05, 0) is 39.8 Å². The molecule has 0 aromatic carbocycles. The third-order valence-corrected chi connectivity index (χ3v) is 4.17. The van der Waals surface area contributed by atoms with E-state index in [1.54, 1.807) is 12.1 Å². The molecule has 126 valence electrons. The van der Waals surface area contributed by atoms with E-state index in [0.717, 1.165) is 6.42 Å². The fourth-order valence-corrected chi connectivity index (χ4v) is 3.38. The smallest absolute Gasteiger partial charge is 0.407 e. The molecular formula is C15H22N4O4. The molecule has 1 aromatic heterocycles. The number of hydrogen-bond acceptors (Lipinski definition) is 5. The summed E-state index contributed by atoms with van der Waals surface area (Å²) in [5.74, 6) is -0.126. The van der Waals surface area contributed by atoms with Crippen molar-refractivity contribution >= 4 is 17.6 Å². The summed E-state index contributed by atoms with van der Waals surface area (Å²) in [5, 5.41) is 23.4. The van der Waals surface area contributed by atoms with Gasteiger partial charge in [-0.1, -0.05) is 20.8 Å². The van der Waals surface area contributed by atoms with Crippen molar-refractivity contribution < 1.29 is 14.8 Å². The standard InChI is InChI=1S/C15H22N4O4/c1-15(2,3)12-10(6-8-18(12)14(20)21)9-17-11-5-4-7-16-13(11)19(22)23/h4-5,7,10,12,17H,6,8-9H2,1-3H3,(H,20,21)/t10-,12?/m0/s1. The van der Waals surface area contributed by atoms with Crippen LogP contribution >= 0.6 is 0 Å². The predicted octanol–water partition coefficient (Wildman–Crippen LogP) is 2.82. The molecule has 1 aliphatic heterocycles. The van der Waals surface area contributed by atoms with Crippen molar-refractivity contribution in [3.63, 3.8) is 0 Å². The molecule has 8 heteroatoms. The number of rotatable bonds is 4. The van der Waals surface area contributed by atoms with Crippen LogP contribution in [-0.4, -0.2) is 45.1 Å². The molecule has 2 N–H and O–H groups in total. The molecular weight excluding hydrogens is 300 g/mol. The lowest BCUT2D eigenvalue weighted by Crippen LogP contribution is -2.46. The largest absolute Gasteiger partial charge is 0.465 e. The molecule has 2 heterocycles. The van der Waals surface area contributed by atoms with Gasteiger partial charge < -0.3 is 25.4 Å². The van der Waals surface area contributed by atoms with Crippen LogP contribution in [0.15, 0.2) is 18.3 Å². The highest BCUT2D eigenvalue weighted by atomic mass is 16.6.